The molecule has 5 nitrogen and oxygen atoms in total. The van der Waals surface area contributed by atoms with Gasteiger partial charge in [0.1, 0.15) is 5.69 Å². The molecule has 1 aliphatic heterocycles. The summed E-state index contributed by atoms with van der Waals surface area (Å²) in [5.41, 5.74) is 0.295. The first kappa shape index (κ1) is 11.5. The maximum Gasteiger partial charge on any atom is 0.273 e. The molecule has 1 aromatic rings. The number of halogens is 1. The third-order valence-electron chi connectivity index (χ3n) is 2.51. The van der Waals surface area contributed by atoms with Crippen LogP contribution >= 0.6 is 15.9 Å². The SMILES string of the molecule is O=C(c1ncccc1Br)N1CC(O)C(O)C1. The van der Waals surface area contributed by atoms with Crippen LogP contribution in [0, 0.1) is 0 Å². The van der Waals surface area contributed by atoms with Gasteiger partial charge in [-0.05, 0) is 28.1 Å². The van der Waals surface area contributed by atoms with Gasteiger partial charge < -0.3 is 15.1 Å². The van der Waals surface area contributed by atoms with Crippen molar-refractivity contribution in [2.24, 2.45) is 0 Å². The number of carbonyl (C=O) groups is 1. The van der Waals surface area contributed by atoms with Crippen molar-refractivity contribution in [3.05, 3.63) is 28.5 Å². The summed E-state index contributed by atoms with van der Waals surface area (Å²) in [5, 5.41) is 18.7. The Morgan fingerprint density at radius 1 is 1.44 bits per heavy atom. The molecule has 0 aromatic carbocycles. The molecule has 1 saturated heterocycles. The molecule has 1 fully saturated rings. The van der Waals surface area contributed by atoms with E-state index in [1.54, 1.807) is 12.1 Å². The van der Waals surface area contributed by atoms with Crippen LogP contribution in [0.1, 0.15) is 10.5 Å². The first-order chi connectivity index (χ1) is 7.59. The molecule has 0 saturated carbocycles. The van der Waals surface area contributed by atoms with Crippen LogP contribution in [0.15, 0.2) is 22.8 Å². The van der Waals surface area contributed by atoms with Crippen LogP contribution < -0.4 is 0 Å². The van der Waals surface area contributed by atoms with Crippen molar-refractivity contribution in [1.82, 2.24) is 9.88 Å². The normalized spacial score (nSPS) is 24.8. The number of amides is 1. The summed E-state index contributed by atoms with van der Waals surface area (Å²) in [4.78, 5) is 17.3. The van der Waals surface area contributed by atoms with Crippen LogP contribution in [0.2, 0.25) is 0 Å². The van der Waals surface area contributed by atoms with E-state index in [0.29, 0.717) is 10.2 Å². The van der Waals surface area contributed by atoms with Gasteiger partial charge in [-0.15, -0.1) is 0 Å². The van der Waals surface area contributed by atoms with E-state index in [0.717, 1.165) is 0 Å². The van der Waals surface area contributed by atoms with E-state index in [4.69, 9.17) is 0 Å². The minimum Gasteiger partial charge on any atom is -0.388 e. The minimum absolute atomic E-state index is 0.142. The monoisotopic (exact) mass is 286 g/mol. The van der Waals surface area contributed by atoms with Crippen molar-refractivity contribution in [3.63, 3.8) is 0 Å². The number of rotatable bonds is 1. The number of pyridine rings is 1. The van der Waals surface area contributed by atoms with E-state index in [9.17, 15) is 15.0 Å². The van der Waals surface area contributed by atoms with Crippen molar-refractivity contribution in [2.75, 3.05) is 13.1 Å². The zero-order chi connectivity index (χ0) is 11.7. The Morgan fingerprint density at radius 2 is 2.06 bits per heavy atom. The summed E-state index contributed by atoms with van der Waals surface area (Å²) in [6.07, 6.45) is -0.209. The smallest absolute Gasteiger partial charge is 0.273 e. The zero-order valence-electron chi connectivity index (χ0n) is 8.38. The lowest BCUT2D eigenvalue weighted by atomic mass is 10.3. The van der Waals surface area contributed by atoms with Crippen molar-refractivity contribution in [1.29, 1.82) is 0 Å². The fraction of sp³-hybridized carbons (Fsp3) is 0.400. The summed E-state index contributed by atoms with van der Waals surface area (Å²) in [7, 11) is 0. The van der Waals surface area contributed by atoms with Crippen molar-refractivity contribution >= 4 is 21.8 Å². The fourth-order valence-corrected chi connectivity index (χ4v) is 2.05. The van der Waals surface area contributed by atoms with E-state index in [1.165, 1.54) is 11.1 Å². The lowest BCUT2D eigenvalue weighted by Crippen LogP contribution is -2.30. The summed E-state index contributed by atoms with van der Waals surface area (Å²) < 4.78 is 0.607. The maximum absolute atomic E-state index is 12.0. The quantitative estimate of drug-likeness (QED) is 0.764. The van der Waals surface area contributed by atoms with Crippen LogP contribution in [0.25, 0.3) is 0 Å². The van der Waals surface area contributed by atoms with Gasteiger partial charge in [0.25, 0.3) is 5.91 Å². The Morgan fingerprint density at radius 3 is 2.62 bits per heavy atom. The minimum atomic E-state index is -0.869. The molecule has 2 heterocycles. The highest BCUT2D eigenvalue weighted by atomic mass is 79.9. The number of aromatic nitrogens is 1. The molecule has 0 bridgehead atoms. The highest BCUT2D eigenvalue weighted by molar-refractivity contribution is 9.10. The number of aliphatic hydroxyl groups is 2. The van der Waals surface area contributed by atoms with Crippen molar-refractivity contribution < 1.29 is 15.0 Å². The van der Waals surface area contributed by atoms with E-state index in [-0.39, 0.29) is 19.0 Å². The molecule has 2 rings (SSSR count). The van der Waals surface area contributed by atoms with Gasteiger partial charge in [0.15, 0.2) is 0 Å². The molecule has 6 heteroatoms. The molecule has 0 aliphatic carbocycles. The maximum atomic E-state index is 12.0. The molecule has 2 N–H and O–H groups in total. The van der Waals surface area contributed by atoms with Crippen molar-refractivity contribution in [2.45, 2.75) is 12.2 Å². The predicted octanol–water partition coefficient (Wildman–Crippen LogP) is 0.0217. The van der Waals surface area contributed by atoms with Gasteiger partial charge in [-0.3, -0.25) is 4.79 Å². The average molecular weight is 287 g/mol. The Bertz CT molecular complexity index is 403. The van der Waals surface area contributed by atoms with Gasteiger partial charge in [-0.2, -0.15) is 0 Å². The molecule has 1 aromatic heterocycles. The lowest BCUT2D eigenvalue weighted by Gasteiger charge is -2.15. The molecule has 0 radical (unpaired) electrons. The first-order valence-electron chi connectivity index (χ1n) is 4.85. The molecule has 2 unspecified atom stereocenters. The second-order valence-electron chi connectivity index (χ2n) is 3.68. The van der Waals surface area contributed by atoms with Gasteiger partial charge in [0.2, 0.25) is 0 Å². The van der Waals surface area contributed by atoms with Gasteiger partial charge in [-0.25, -0.2) is 4.98 Å². The third-order valence-corrected chi connectivity index (χ3v) is 3.15. The fourth-order valence-electron chi connectivity index (χ4n) is 1.63. The largest absolute Gasteiger partial charge is 0.388 e. The number of carbonyl (C=O) groups excluding carboxylic acids is 1. The summed E-state index contributed by atoms with van der Waals surface area (Å²) in [5.74, 6) is -0.289. The number of aliphatic hydroxyl groups excluding tert-OH is 2. The molecule has 0 spiro atoms. The molecule has 1 aliphatic rings. The summed E-state index contributed by atoms with van der Waals surface area (Å²) in [6, 6.07) is 3.44. The van der Waals surface area contributed by atoms with Gasteiger partial charge in [0, 0.05) is 23.8 Å². The molecular formula is C10H11BrN2O3. The molecule has 86 valence electrons. The molecule has 1 amide bonds. The number of likely N-dealkylation sites (tertiary alicyclic amines) is 1. The standard InChI is InChI=1S/C10H11BrN2O3/c11-6-2-1-3-12-9(6)10(16)13-4-7(14)8(15)5-13/h1-3,7-8,14-15H,4-5H2. The lowest BCUT2D eigenvalue weighted by molar-refractivity contribution is 0.0572. The van der Waals surface area contributed by atoms with Crippen LogP contribution in [-0.2, 0) is 0 Å². The van der Waals surface area contributed by atoms with Crippen LogP contribution in [0.5, 0.6) is 0 Å². The van der Waals surface area contributed by atoms with Crippen molar-refractivity contribution in [3.8, 4) is 0 Å². The Hall–Kier alpha value is -0.980. The van der Waals surface area contributed by atoms with Crippen LogP contribution in [0.3, 0.4) is 0 Å². The highest BCUT2D eigenvalue weighted by Crippen LogP contribution is 2.18. The van der Waals surface area contributed by atoms with E-state index in [1.807, 2.05) is 0 Å². The van der Waals surface area contributed by atoms with Gasteiger partial charge in [-0.1, -0.05) is 0 Å². The van der Waals surface area contributed by atoms with Gasteiger partial charge >= 0.3 is 0 Å². The second-order valence-corrected chi connectivity index (χ2v) is 4.53. The highest BCUT2D eigenvalue weighted by Gasteiger charge is 2.33. The first-order valence-corrected chi connectivity index (χ1v) is 5.65. The Kier molecular flexibility index (Phi) is 3.22. The Balaban J connectivity index is 2.18. The zero-order valence-corrected chi connectivity index (χ0v) is 9.96. The Labute approximate surface area is 101 Å². The number of β-amino-alcohol motifs (C(OH)–C–C–N with tert-alkyl or cyclic N) is 2. The average Bonchev–Trinajstić information content (AvgIpc) is 2.59. The summed E-state index contributed by atoms with van der Waals surface area (Å²) in [6.45, 7) is 0.284. The summed E-state index contributed by atoms with van der Waals surface area (Å²) >= 11 is 3.24. The predicted molar refractivity (Wildman–Crippen MR) is 59.9 cm³/mol. The molecular weight excluding hydrogens is 276 g/mol. The van der Waals surface area contributed by atoms with Gasteiger partial charge in [0.05, 0.1) is 12.2 Å². The van der Waals surface area contributed by atoms with E-state index >= 15 is 0 Å². The van der Waals surface area contributed by atoms with E-state index < -0.39 is 12.2 Å². The second kappa shape index (κ2) is 4.48. The molecule has 2 atom stereocenters. The number of nitrogens with zero attached hydrogens (tertiary/aromatic N) is 2. The third kappa shape index (κ3) is 2.09. The van der Waals surface area contributed by atoms with E-state index in [2.05, 4.69) is 20.9 Å². The number of hydrogen-bond acceptors (Lipinski definition) is 4. The molecule has 16 heavy (non-hydrogen) atoms. The number of hydrogen-bond donors (Lipinski definition) is 2. The van der Waals surface area contributed by atoms with Crippen LogP contribution in [0.4, 0.5) is 0 Å². The van der Waals surface area contributed by atoms with Crippen LogP contribution in [-0.4, -0.2) is 51.3 Å². The topological polar surface area (TPSA) is 73.7 Å².